The number of hydrogen-bond acceptors (Lipinski definition) is 6. The topological polar surface area (TPSA) is 80.2 Å². The van der Waals surface area contributed by atoms with Gasteiger partial charge in [-0.1, -0.05) is 5.16 Å². The van der Waals surface area contributed by atoms with Gasteiger partial charge in [0.05, 0.1) is 18.7 Å². The van der Waals surface area contributed by atoms with Crippen molar-refractivity contribution in [3.8, 4) is 0 Å². The molecule has 0 amide bonds. The van der Waals surface area contributed by atoms with Crippen LogP contribution in [-0.4, -0.2) is 49.1 Å². The largest absolute Gasteiger partial charge is 0.390 e. The zero-order valence-corrected chi connectivity index (χ0v) is 12.5. The van der Waals surface area contributed by atoms with E-state index in [-0.39, 0.29) is 6.04 Å². The SMILES string of the molecule is O[C@@H](CN1CCC[C@H]1c1noc(C2CC2)n1)Cn1cccn1. The smallest absolute Gasteiger partial charge is 0.229 e. The van der Waals surface area contributed by atoms with Crippen molar-refractivity contribution in [3.05, 3.63) is 30.2 Å². The highest BCUT2D eigenvalue weighted by molar-refractivity contribution is 5.05. The van der Waals surface area contributed by atoms with Gasteiger partial charge in [0.1, 0.15) is 0 Å². The van der Waals surface area contributed by atoms with Gasteiger partial charge in [0.25, 0.3) is 0 Å². The van der Waals surface area contributed by atoms with E-state index in [0.717, 1.165) is 31.1 Å². The van der Waals surface area contributed by atoms with Crippen molar-refractivity contribution >= 4 is 0 Å². The Kier molecular flexibility index (Phi) is 3.67. The fraction of sp³-hybridized carbons (Fsp3) is 0.667. The predicted octanol–water partition coefficient (Wildman–Crippen LogP) is 1.34. The summed E-state index contributed by atoms with van der Waals surface area (Å²) in [6.07, 6.45) is 7.60. The molecule has 3 heterocycles. The van der Waals surface area contributed by atoms with E-state index < -0.39 is 6.10 Å². The Morgan fingerprint density at radius 1 is 1.32 bits per heavy atom. The maximum atomic E-state index is 10.3. The third-order valence-corrected chi connectivity index (χ3v) is 4.45. The van der Waals surface area contributed by atoms with Gasteiger partial charge in [-0.2, -0.15) is 10.1 Å². The molecule has 0 radical (unpaired) electrons. The highest BCUT2D eigenvalue weighted by atomic mass is 16.5. The number of aromatic nitrogens is 4. The first kappa shape index (κ1) is 13.9. The summed E-state index contributed by atoms with van der Waals surface area (Å²) in [7, 11) is 0. The van der Waals surface area contributed by atoms with Crippen LogP contribution >= 0.6 is 0 Å². The van der Waals surface area contributed by atoms with Crippen molar-refractivity contribution in [1.82, 2.24) is 24.8 Å². The van der Waals surface area contributed by atoms with E-state index in [1.54, 1.807) is 10.9 Å². The Morgan fingerprint density at radius 3 is 3.00 bits per heavy atom. The first-order valence-electron chi connectivity index (χ1n) is 8.02. The third kappa shape index (κ3) is 2.91. The number of nitrogens with zero attached hydrogens (tertiary/aromatic N) is 5. The van der Waals surface area contributed by atoms with E-state index in [9.17, 15) is 5.11 Å². The van der Waals surface area contributed by atoms with Crippen LogP contribution in [0.1, 0.15) is 49.4 Å². The van der Waals surface area contributed by atoms with Gasteiger partial charge in [-0.3, -0.25) is 9.58 Å². The second-order valence-corrected chi connectivity index (χ2v) is 6.30. The van der Waals surface area contributed by atoms with Gasteiger partial charge in [-0.25, -0.2) is 0 Å². The lowest BCUT2D eigenvalue weighted by molar-refractivity contribution is 0.0869. The van der Waals surface area contributed by atoms with Crippen LogP contribution in [0.4, 0.5) is 0 Å². The summed E-state index contributed by atoms with van der Waals surface area (Å²) in [4.78, 5) is 6.83. The Balaban J connectivity index is 1.39. The lowest BCUT2D eigenvalue weighted by Gasteiger charge is -2.24. The highest BCUT2D eigenvalue weighted by Crippen LogP contribution is 2.40. The third-order valence-electron chi connectivity index (χ3n) is 4.45. The van der Waals surface area contributed by atoms with Crippen molar-refractivity contribution in [1.29, 1.82) is 0 Å². The van der Waals surface area contributed by atoms with Gasteiger partial charge in [0.2, 0.25) is 5.89 Å². The molecule has 0 aromatic carbocycles. The Hall–Kier alpha value is -1.73. The van der Waals surface area contributed by atoms with Crippen molar-refractivity contribution in [2.75, 3.05) is 13.1 Å². The average Bonchev–Trinajstić information content (AvgIpc) is 2.95. The molecular weight excluding hydrogens is 282 g/mol. The molecule has 0 bridgehead atoms. The summed E-state index contributed by atoms with van der Waals surface area (Å²) < 4.78 is 7.13. The van der Waals surface area contributed by atoms with E-state index in [4.69, 9.17) is 4.52 Å². The summed E-state index contributed by atoms with van der Waals surface area (Å²) in [5.41, 5.74) is 0. The van der Waals surface area contributed by atoms with Crippen LogP contribution in [0.3, 0.4) is 0 Å². The molecule has 0 spiro atoms. The summed E-state index contributed by atoms with van der Waals surface area (Å²) >= 11 is 0. The second-order valence-electron chi connectivity index (χ2n) is 6.30. The monoisotopic (exact) mass is 303 g/mol. The first-order chi connectivity index (χ1) is 10.8. The molecule has 1 saturated heterocycles. The van der Waals surface area contributed by atoms with Crippen LogP contribution in [0.5, 0.6) is 0 Å². The van der Waals surface area contributed by atoms with Gasteiger partial charge < -0.3 is 9.63 Å². The number of likely N-dealkylation sites (tertiary alicyclic amines) is 1. The molecule has 22 heavy (non-hydrogen) atoms. The normalized spacial score (nSPS) is 24.0. The minimum absolute atomic E-state index is 0.170. The minimum Gasteiger partial charge on any atom is -0.390 e. The van der Waals surface area contributed by atoms with Crippen LogP contribution in [0, 0.1) is 0 Å². The molecule has 7 heteroatoms. The second kappa shape index (κ2) is 5.81. The Bertz CT molecular complexity index is 607. The Morgan fingerprint density at radius 2 is 2.23 bits per heavy atom. The number of aliphatic hydroxyl groups excluding tert-OH is 1. The van der Waals surface area contributed by atoms with E-state index >= 15 is 0 Å². The van der Waals surface area contributed by atoms with Crippen molar-refractivity contribution in [3.63, 3.8) is 0 Å². The maximum Gasteiger partial charge on any atom is 0.229 e. The van der Waals surface area contributed by atoms with E-state index in [1.807, 2.05) is 12.3 Å². The number of β-amino-alcohol motifs (C(OH)–C–C–N with tert-alkyl or cyclic N) is 1. The van der Waals surface area contributed by atoms with Gasteiger partial charge in [-0.15, -0.1) is 0 Å². The van der Waals surface area contributed by atoms with E-state index in [0.29, 0.717) is 19.0 Å². The fourth-order valence-corrected chi connectivity index (χ4v) is 3.17. The molecule has 2 aromatic rings. The molecule has 1 N–H and O–H groups in total. The zero-order chi connectivity index (χ0) is 14.9. The molecule has 118 valence electrons. The molecule has 2 aromatic heterocycles. The van der Waals surface area contributed by atoms with Crippen molar-refractivity contribution in [2.24, 2.45) is 0 Å². The molecule has 1 aliphatic heterocycles. The summed E-state index contributed by atoms with van der Waals surface area (Å²) in [6.45, 7) is 2.09. The maximum absolute atomic E-state index is 10.3. The molecule has 2 fully saturated rings. The molecular formula is C15H21N5O2. The quantitative estimate of drug-likeness (QED) is 0.867. The number of rotatable bonds is 6. The summed E-state index contributed by atoms with van der Waals surface area (Å²) in [6, 6.07) is 2.04. The van der Waals surface area contributed by atoms with Crippen LogP contribution in [0.25, 0.3) is 0 Å². The van der Waals surface area contributed by atoms with Gasteiger partial charge >= 0.3 is 0 Å². The predicted molar refractivity (Wildman–Crippen MR) is 78.1 cm³/mol. The molecule has 1 saturated carbocycles. The molecule has 1 aliphatic carbocycles. The zero-order valence-electron chi connectivity index (χ0n) is 12.5. The molecule has 4 rings (SSSR count). The van der Waals surface area contributed by atoms with E-state index in [1.165, 1.54) is 12.8 Å². The van der Waals surface area contributed by atoms with Crippen LogP contribution in [0.2, 0.25) is 0 Å². The lowest BCUT2D eigenvalue weighted by Crippen LogP contribution is -2.35. The number of hydrogen-bond donors (Lipinski definition) is 1. The van der Waals surface area contributed by atoms with Crippen LogP contribution in [0.15, 0.2) is 23.0 Å². The van der Waals surface area contributed by atoms with Crippen LogP contribution < -0.4 is 0 Å². The number of aliphatic hydroxyl groups is 1. The van der Waals surface area contributed by atoms with Gasteiger partial charge in [0, 0.05) is 24.9 Å². The molecule has 2 aliphatic rings. The highest BCUT2D eigenvalue weighted by Gasteiger charge is 2.34. The van der Waals surface area contributed by atoms with Gasteiger partial charge in [-0.05, 0) is 38.3 Å². The fourth-order valence-electron chi connectivity index (χ4n) is 3.17. The van der Waals surface area contributed by atoms with Crippen molar-refractivity contribution < 1.29 is 9.63 Å². The molecule has 0 unspecified atom stereocenters. The molecule has 2 atom stereocenters. The lowest BCUT2D eigenvalue weighted by atomic mass is 10.2. The van der Waals surface area contributed by atoms with E-state index in [2.05, 4.69) is 20.1 Å². The Labute approximate surface area is 128 Å². The molecule has 7 nitrogen and oxygen atoms in total. The summed E-state index contributed by atoms with van der Waals surface area (Å²) in [5.74, 6) is 2.06. The van der Waals surface area contributed by atoms with Crippen LogP contribution in [-0.2, 0) is 6.54 Å². The minimum atomic E-state index is -0.449. The average molecular weight is 303 g/mol. The van der Waals surface area contributed by atoms with Crippen molar-refractivity contribution in [2.45, 2.75) is 50.3 Å². The van der Waals surface area contributed by atoms with Gasteiger partial charge in [0.15, 0.2) is 5.82 Å². The first-order valence-corrected chi connectivity index (χ1v) is 8.02. The standard InChI is InChI=1S/C15H21N5O2/c21-12(10-20-8-2-6-16-20)9-19-7-1-3-13(19)14-17-15(22-18-14)11-4-5-11/h2,6,8,11-13,21H,1,3-5,7,9-10H2/t12-,13-/m0/s1. The summed E-state index contributed by atoms with van der Waals surface area (Å²) in [5, 5.41) is 18.6.